The van der Waals surface area contributed by atoms with Crippen LogP contribution in [0.25, 0.3) is 0 Å². The van der Waals surface area contributed by atoms with Crippen LogP contribution in [0, 0.1) is 0 Å². The summed E-state index contributed by atoms with van der Waals surface area (Å²) in [6.07, 6.45) is 0. The van der Waals surface area contributed by atoms with Gasteiger partial charge in [0.05, 0.1) is 17.2 Å². The molecule has 2 rings (SSSR count). The van der Waals surface area contributed by atoms with Gasteiger partial charge in [0.1, 0.15) is 0 Å². The summed E-state index contributed by atoms with van der Waals surface area (Å²) >= 11 is 1.68. The standard InChI is InChI=1S/C12H21N3O2S2/c1-9(2)11-10(8-13-3)18-12(14-11)15-4-6-19(16,17)7-5-15/h9,13H,4-8H2,1-3H3. The minimum atomic E-state index is -2.83. The average molecular weight is 303 g/mol. The molecule has 19 heavy (non-hydrogen) atoms. The first-order valence-corrected chi connectivity index (χ1v) is 9.16. The lowest BCUT2D eigenvalue weighted by Gasteiger charge is -2.26. The zero-order valence-electron chi connectivity index (χ0n) is 11.6. The molecule has 5 nitrogen and oxygen atoms in total. The van der Waals surface area contributed by atoms with Gasteiger partial charge in [-0.15, -0.1) is 11.3 Å². The van der Waals surface area contributed by atoms with Crippen LogP contribution in [0.1, 0.15) is 30.3 Å². The third-order valence-corrected chi connectivity index (χ3v) is 5.96. The number of hydrogen-bond donors (Lipinski definition) is 1. The topological polar surface area (TPSA) is 62.3 Å². The average Bonchev–Trinajstić information content (AvgIpc) is 2.73. The molecule has 0 aromatic carbocycles. The molecule has 0 unspecified atom stereocenters. The maximum atomic E-state index is 11.5. The van der Waals surface area contributed by atoms with Gasteiger partial charge in [-0.1, -0.05) is 13.8 Å². The molecule has 7 heteroatoms. The molecule has 1 saturated heterocycles. The molecule has 1 N–H and O–H groups in total. The van der Waals surface area contributed by atoms with Crippen molar-refractivity contribution in [3.8, 4) is 0 Å². The highest BCUT2D eigenvalue weighted by Gasteiger charge is 2.25. The fourth-order valence-corrected chi connectivity index (χ4v) is 4.61. The summed E-state index contributed by atoms with van der Waals surface area (Å²) < 4.78 is 22.9. The first kappa shape index (κ1) is 14.7. The molecule has 1 aliphatic rings. The minimum absolute atomic E-state index is 0.241. The number of aromatic nitrogens is 1. The van der Waals surface area contributed by atoms with Gasteiger partial charge < -0.3 is 10.2 Å². The SMILES string of the molecule is CNCc1sc(N2CCS(=O)(=O)CC2)nc1C(C)C. The van der Waals surface area contributed by atoms with Crippen molar-refractivity contribution in [3.05, 3.63) is 10.6 Å². The molecule has 0 bridgehead atoms. The fourth-order valence-electron chi connectivity index (χ4n) is 2.13. The molecule has 108 valence electrons. The molecule has 1 fully saturated rings. The number of nitrogens with zero attached hydrogens (tertiary/aromatic N) is 2. The maximum absolute atomic E-state index is 11.5. The highest BCUT2D eigenvalue weighted by atomic mass is 32.2. The predicted octanol–water partition coefficient (Wildman–Crippen LogP) is 1.22. The number of hydrogen-bond acceptors (Lipinski definition) is 6. The van der Waals surface area contributed by atoms with Crippen LogP contribution >= 0.6 is 11.3 Å². The van der Waals surface area contributed by atoms with Gasteiger partial charge >= 0.3 is 0 Å². The van der Waals surface area contributed by atoms with Crippen molar-refractivity contribution in [1.82, 2.24) is 10.3 Å². The second kappa shape index (κ2) is 5.76. The highest BCUT2D eigenvalue weighted by molar-refractivity contribution is 7.91. The number of anilines is 1. The lowest BCUT2D eigenvalue weighted by atomic mass is 10.1. The molecule has 1 aromatic rings. The van der Waals surface area contributed by atoms with E-state index in [0.717, 1.165) is 17.4 Å². The monoisotopic (exact) mass is 303 g/mol. The van der Waals surface area contributed by atoms with E-state index in [0.29, 0.717) is 19.0 Å². The van der Waals surface area contributed by atoms with Crippen LogP contribution in [-0.2, 0) is 16.4 Å². The molecular weight excluding hydrogens is 282 g/mol. The Labute approximate surface area is 119 Å². The van der Waals surface area contributed by atoms with Gasteiger partial charge in [0.2, 0.25) is 0 Å². The molecule has 0 amide bonds. The molecule has 0 spiro atoms. The second-order valence-electron chi connectivity index (χ2n) is 5.13. The summed E-state index contributed by atoms with van der Waals surface area (Å²) in [6.45, 7) is 6.22. The van der Waals surface area contributed by atoms with E-state index in [1.54, 1.807) is 11.3 Å². The molecule has 0 atom stereocenters. The molecule has 1 aromatic heterocycles. The van der Waals surface area contributed by atoms with Gasteiger partial charge in [0, 0.05) is 24.5 Å². The van der Waals surface area contributed by atoms with Crippen LogP contribution < -0.4 is 10.2 Å². The molecule has 1 aliphatic heterocycles. The summed E-state index contributed by atoms with van der Waals surface area (Å²) in [4.78, 5) is 8.05. The van der Waals surface area contributed by atoms with Crippen LogP contribution in [0.15, 0.2) is 0 Å². The number of rotatable bonds is 4. The maximum Gasteiger partial charge on any atom is 0.185 e. The smallest absolute Gasteiger partial charge is 0.185 e. The predicted molar refractivity (Wildman–Crippen MR) is 79.8 cm³/mol. The summed E-state index contributed by atoms with van der Waals surface area (Å²) in [6, 6.07) is 0. The Morgan fingerprint density at radius 2 is 2.00 bits per heavy atom. The summed E-state index contributed by atoms with van der Waals surface area (Å²) in [7, 11) is -0.903. The van der Waals surface area contributed by atoms with Crippen molar-refractivity contribution >= 4 is 26.3 Å². The largest absolute Gasteiger partial charge is 0.346 e. The lowest BCUT2D eigenvalue weighted by molar-refractivity contribution is 0.586. The fraction of sp³-hybridized carbons (Fsp3) is 0.750. The van der Waals surface area contributed by atoms with E-state index in [1.165, 1.54) is 4.88 Å². The highest BCUT2D eigenvalue weighted by Crippen LogP contribution is 2.31. The first-order chi connectivity index (χ1) is 8.93. The molecule has 0 aliphatic carbocycles. The van der Waals surface area contributed by atoms with Crippen molar-refractivity contribution < 1.29 is 8.42 Å². The molecule has 0 radical (unpaired) electrons. The third-order valence-electron chi connectivity index (χ3n) is 3.22. The van der Waals surface area contributed by atoms with Crippen LogP contribution in [0.5, 0.6) is 0 Å². The van der Waals surface area contributed by atoms with Gasteiger partial charge in [-0.3, -0.25) is 0 Å². The van der Waals surface area contributed by atoms with Crippen molar-refractivity contribution in [1.29, 1.82) is 0 Å². The number of sulfone groups is 1. The Bertz CT molecular complexity index is 523. The Balaban J connectivity index is 2.19. The Morgan fingerprint density at radius 3 is 2.53 bits per heavy atom. The Kier molecular flexibility index (Phi) is 4.47. The van der Waals surface area contributed by atoms with Crippen molar-refractivity contribution in [3.63, 3.8) is 0 Å². The molecular formula is C12H21N3O2S2. The second-order valence-corrected chi connectivity index (χ2v) is 8.49. The summed E-state index contributed by atoms with van der Waals surface area (Å²) in [5, 5.41) is 4.13. The van der Waals surface area contributed by atoms with E-state index >= 15 is 0 Å². The van der Waals surface area contributed by atoms with Crippen molar-refractivity contribution in [2.24, 2.45) is 0 Å². The lowest BCUT2D eigenvalue weighted by Crippen LogP contribution is -2.40. The van der Waals surface area contributed by atoms with Crippen LogP contribution in [0.3, 0.4) is 0 Å². The van der Waals surface area contributed by atoms with Gasteiger partial charge in [-0.25, -0.2) is 13.4 Å². The zero-order valence-corrected chi connectivity index (χ0v) is 13.3. The van der Waals surface area contributed by atoms with E-state index < -0.39 is 9.84 Å². The van der Waals surface area contributed by atoms with Crippen LogP contribution in [0.2, 0.25) is 0 Å². The number of nitrogens with one attached hydrogen (secondary N) is 1. The van der Waals surface area contributed by atoms with E-state index in [-0.39, 0.29) is 11.5 Å². The van der Waals surface area contributed by atoms with Gasteiger partial charge in [0.15, 0.2) is 15.0 Å². The Hall–Kier alpha value is -0.660. The van der Waals surface area contributed by atoms with Crippen molar-refractivity contribution in [2.75, 3.05) is 36.5 Å². The Morgan fingerprint density at radius 1 is 1.37 bits per heavy atom. The normalized spacial score (nSPS) is 19.1. The molecule has 2 heterocycles. The van der Waals surface area contributed by atoms with Crippen LogP contribution in [0.4, 0.5) is 5.13 Å². The van der Waals surface area contributed by atoms with E-state index in [9.17, 15) is 8.42 Å². The number of thiazole rings is 1. The first-order valence-electron chi connectivity index (χ1n) is 6.52. The third kappa shape index (κ3) is 3.46. The van der Waals surface area contributed by atoms with Gasteiger partial charge in [-0.2, -0.15) is 0 Å². The van der Waals surface area contributed by atoms with E-state index in [4.69, 9.17) is 4.98 Å². The minimum Gasteiger partial charge on any atom is -0.346 e. The summed E-state index contributed by atoms with van der Waals surface area (Å²) in [5.74, 6) is 0.873. The quantitative estimate of drug-likeness (QED) is 0.906. The van der Waals surface area contributed by atoms with Crippen molar-refractivity contribution in [2.45, 2.75) is 26.3 Å². The van der Waals surface area contributed by atoms with Gasteiger partial charge in [0.25, 0.3) is 0 Å². The van der Waals surface area contributed by atoms with E-state index in [2.05, 4.69) is 24.1 Å². The van der Waals surface area contributed by atoms with Crippen LogP contribution in [-0.4, -0.2) is 45.0 Å². The van der Waals surface area contributed by atoms with Gasteiger partial charge in [-0.05, 0) is 13.0 Å². The zero-order chi connectivity index (χ0) is 14.0. The van der Waals surface area contributed by atoms with E-state index in [1.807, 2.05) is 7.05 Å². The molecule has 0 saturated carbocycles. The summed E-state index contributed by atoms with van der Waals surface area (Å²) in [5.41, 5.74) is 1.13.